The summed E-state index contributed by atoms with van der Waals surface area (Å²) in [5.74, 6) is -0.541. The number of nitrogens with one attached hydrogen (secondary N) is 1. The van der Waals surface area contributed by atoms with Crippen LogP contribution in [-0.4, -0.2) is 22.7 Å². The zero-order chi connectivity index (χ0) is 21.3. The smallest absolute Gasteiger partial charge is 0.228 e. The van der Waals surface area contributed by atoms with Gasteiger partial charge in [0.25, 0.3) is 0 Å². The van der Waals surface area contributed by atoms with Gasteiger partial charge in [-0.1, -0.05) is 50.2 Å². The Hall–Kier alpha value is -3.18. The van der Waals surface area contributed by atoms with E-state index >= 15 is 0 Å². The molecule has 4 nitrogen and oxygen atoms in total. The van der Waals surface area contributed by atoms with E-state index in [2.05, 4.69) is 19.2 Å². The Morgan fingerprint density at radius 3 is 2.07 bits per heavy atom. The third-order valence-corrected chi connectivity index (χ3v) is 5.88. The van der Waals surface area contributed by atoms with E-state index < -0.39 is 0 Å². The van der Waals surface area contributed by atoms with Crippen molar-refractivity contribution in [1.29, 1.82) is 0 Å². The van der Waals surface area contributed by atoms with E-state index in [1.54, 1.807) is 54.2 Å². The molecule has 30 heavy (non-hydrogen) atoms. The lowest BCUT2D eigenvalue weighted by Crippen LogP contribution is -2.21. The van der Waals surface area contributed by atoms with Crippen LogP contribution in [0.15, 0.2) is 71.6 Å². The van der Waals surface area contributed by atoms with Gasteiger partial charge in [0.15, 0.2) is 11.6 Å². The van der Waals surface area contributed by atoms with Crippen LogP contribution in [0.2, 0.25) is 0 Å². The highest BCUT2D eigenvalue weighted by Crippen LogP contribution is 2.29. The Balaban J connectivity index is 1.49. The SMILES string of the molecule is CC(C)Sc1ccc(CC(=O)Nc2ccc3c(c2)C(=O)c2ccccc2C3=O)cc1. The van der Waals surface area contributed by atoms with E-state index in [-0.39, 0.29) is 23.9 Å². The Morgan fingerprint density at radius 1 is 0.833 bits per heavy atom. The molecule has 0 radical (unpaired) electrons. The zero-order valence-corrected chi connectivity index (χ0v) is 17.6. The van der Waals surface area contributed by atoms with Crippen LogP contribution in [0, 0.1) is 0 Å². The summed E-state index contributed by atoms with van der Waals surface area (Å²) >= 11 is 1.78. The standard InChI is InChI=1S/C25H21NO3S/c1-15(2)30-18-10-7-16(8-11-18)13-23(27)26-17-9-12-21-22(14-17)25(29)20-6-4-3-5-19(20)24(21)28/h3-12,14-15H,13H2,1-2H3,(H,26,27). The van der Waals surface area contributed by atoms with Gasteiger partial charge < -0.3 is 5.32 Å². The molecule has 1 aliphatic rings. The highest BCUT2D eigenvalue weighted by molar-refractivity contribution is 7.99. The van der Waals surface area contributed by atoms with E-state index in [1.807, 2.05) is 24.3 Å². The fraction of sp³-hybridized carbons (Fsp3) is 0.160. The summed E-state index contributed by atoms with van der Waals surface area (Å²) in [5.41, 5.74) is 2.94. The Bertz CT molecular complexity index is 1150. The van der Waals surface area contributed by atoms with Crippen molar-refractivity contribution in [1.82, 2.24) is 0 Å². The largest absolute Gasteiger partial charge is 0.326 e. The van der Waals surface area contributed by atoms with Crippen LogP contribution in [0.1, 0.15) is 51.3 Å². The van der Waals surface area contributed by atoms with Crippen LogP contribution < -0.4 is 5.32 Å². The molecule has 0 aromatic heterocycles. The molecular formula is C25H21NO3S. The van der Waals surface area contributed by atoms with Gasteiger partial charge in [-0.3, -0.25) is 14.4 Å². The van der Waals surface area contributed by atoms with Crippen molar-refractivity contribution in [2.75, 3.05) is 5.32 Å². The molecule has 1 amide bonds. The highest BCUT2D eigenvalue weighted by atomic mass is 32.2. The fourth-order valence-corrected chi connectivity index (χ4v) is 4.36. The number of ketones is 2. The second kappa shape index (κ2) is 8.28. The molecule has 0 heterocycles. The highest BCUT2D eigenvalue weighted by Gasteiger charge is 2.29. The number of carbonyl (C=O) groups is 3. The summed E-state index contributed by atoms with van der Waals surface area (Å²) in [6.07, 6.45) is 0.236. The van der Waals surface area contributed by atoms with Crippen molar-refractivity contribution in [3.63, 3.8) is 0 Å². The predicted molar refractivity (Wildman–Crippen MR) is 120 cm³/mol. The van der Waals surface area contributed by atoms with Gasteiger partial charge in [0, 0.05) is 38.1 Å². The molecule has 0 bridgehead atoms. The summed E-state index contributed by atoms with van der Waals surface area (Å²) in [5, 5.41) is 3.34. The van der Waals surface area contributed by atoms with Gasteiger partial charge in [0.1, 0.15) is 0 Å². The maximum Gasteiger partial charge on any atom is 0.228 e. The Kier molecular flexibility index (Phi) is 5.55. The summed E-state index contributed by atoms with van der Waals surface area (Å²) in [6, 6.07) is 19.6. The molecule has 4 rings (SSSR count). The molecule has 1 aliphatic carbocycles. The first-order chi connectivity index (χ1) is 14.4. The first-order valence-corrected chi connectivity index (χ1v) is 10.7. The first kappa shape index (κ1) is 20.1. The number of carbonyl (C=O) groups excluding carboxylic acids is 3. The number of anilines is 1. The maximum absolute atomic E-state index is 12.8. The molecule has 3 aromatic carbocycles. The number of benzene rings is 3. The zero-order valence-electron chi connectivity index (χ0n) is 16.8. The minimum Gasteiger partial charge on any atom is -0.326 e. The average molecular weight is 416 g/mol. The second-order valence-electron chi connectivity index (χ2n) is 7.50. The van der Waals surface area contributed by atoms with Crippen molar-refractivity contribution >= 4 is 34.9 Å². The third-order valence-electron chi connectivity index (χ3n) is 4.87. The Labute approximate surface area is 179 Å². The summed E-state index contributed by atoms with van der Waals surface area (Å²) in [4.78, 5) is 39.2. The van der Waals surface area contributed by atoms with Crippen molar-refractivity contribution in [2.24, 2.45) is 0 Å². The van der Waals surface area contributed by atoms with Crippen LogP contribution in [0.25, 0.3) is 0 Å². The number of fused-ring (bicyclic) bond motifs is 2. The molecule has 5 heteroatoms. The van der Waals surface area contributed by atoms with Gasteiger partial charge in [-0.15, -0.1) is 11.8 Å². The lowest BCUT2D eigenvalue weighted by molar-refractivity contribution is -0.115. The average Bonchev–Trinajstić information content (AvgIpc) is 2.73. The summed E-state index contributed by atoms with van der Waals surface area (Å²) < 4.78 is 0. The van der Waals surface area contributed by atoms with Crippen LogP contribution in [0.3, 0.4) is 0 Å². The monoisotopic (exact) mass is 415 g/mol. The van der Waals surface area contributed by atoms with Crippen molar-refractivity contribution < 1.29 is 14.4 Å². The van der Waals surface area contributed by atoms with Crippen molar-refractivity contribution in [3.8, 4) is 0 Å². The molecular weight excluding hydrogens is 394 g/mol. The quantitative estimate of drug-likeness (QED) is 0.458. The van der Waals surface area contributed by atoms with Crippen molar-refractivity contribution in [2.45, 2.75) is 30.4 Å². The molecule has 0 spiro atoms. The predicted octanol–water partition coefficient (Wildman–Crippen LogP) is 5.14. The normalized spacial score (nSPS) is 12.5. The van der Waals surface area contributed by atoms with Gasteiger partial charge >= 0.3 is 0 Å². The summed E-state index contributed by atoms with van der Waals surface area (Å²) in [6.45, 7) is 4.28. The van der Waals surface area contributed by atoms with Crippen LogP contribution in [-0.2, 0) is 11.2 Å². The molecule has 0 saturated carbocycles. The minimum atomic E-state index is -0.199. The lowest BCUT2D eigenvalue weighted by atomic mass is 9.84. The molecule has 150 valence electrons. The maximum atomic E-state index is 12.8. The fourth-order valence-electron chi connectivity index (χ4n) is 3.53. The van der Waals surface area contributed by atoms with Crippen LogP contribution in [0.5, 0.6) is 0 Å². The number of amides is 1. The number of hydrogen-bond acceptors (Lipinski definition) is 4. The number of rotatable bonds is 5. The van der Waals surface area contributed by atoms with Gasteiger partial charge in [0.05, 0.1) is 6.42 Å². The topological polar surface area (TPSA) is 63.2 Å². The van der Waals surface area contributed by atoms with Gasteiger partial charge in [-0.05, 0) is 35.9 Å². The van der Waals surface area contributed by atoms with Crippen molar-refractivity contribution in [3.05, 3.63) is 94.5 Å². The third kappa shape index (κ3) is 4.07. The van der Waals surface area contributed by atoms with E-state index in [0.717, 1.165) is 5.56 Å². The molecule has 0 saturated heterocycles. The first-order valence-electron chi connectivity index (χ1n) is 9.80. The van der Waals surface area contributed by atoms with Gasteiger partial charge in [-0.2, -0.15) is 0 Å². The molecule has 3 aromatic rings. The molecule has 0 fully saturated rings. The lowest BCUT2D eigenvalue weighted by Gasteiger charge is -2.18. The molecule has 0 unspecified atom stereocenters. The summed E-state index contributed by atoms with van der Waals surface area (Å²) in [7, 11) is 0. The van der Waals surface area contributed by atoms with Gasteiger partial charge in [-0.25, -0.2) is 0 Å². The van der Waals surface area contributed by atoms with E-state index in [4.69, 9.17) is 0 Å². The van der Waals surface area contributed by atoms with E-state index in [0.29, 0.717) is 33.2 Å². The molecule has 0 atom stereocenters. The molecule has 0 aliphatic heterocycles. The van der Waals surface area contributed by atoms with Gasteiger partial charge in [0.2, 0.25) is 5.91 Å². The minimum absolute atomic E-state index is 0.169. The van der Waals surface area contributed by atoms with E-state index in [1.165, 1.54) is 4.90 Å². The second-order valence-corrected chi connectivity index (χ2v) is 9.15. The number of thioether (sulfide) groups is 1. The number of hydrogen-bond donors (Lipinski definition) is 1. The van der Waals surface area contributed by atoms with Crippen LogP contribution in [0.4, 0.5) is 5.69 Å². The Morgan fingerprint density at radius 2 is 1.43 bits per heavy atom. The van der Waals surface area contributed by atoms with Crippen LogP contribution >= 0.6 is 11.8 Å². The molecule has 1 N–H and O–H groups in total. The van der Waals surface area contributed by atoms with E-state index in [9.17, 15) is 14.4 Å².